The molecule has 3 aromatic rings. The molecule has 0 bridgehead atoms. The van der Waals surface area contributed by atoms with Crippen molar-refractivity contribution in [3.05, 3.63) is 70.1 Å². The standard InChI is InChI=1S/C24H26O5S.2C7H14O5/c25-12-19-21(26)22(27)23(28)24(29-19)18-10-13(5-8-17(18)14-6-7-14)9-16-11-15-3-1-2-4-20(15)30-16;2*1-3-5(9)7(11)6(10)4(2-8)12-3/h1-5,8,10-11,14,19,21-28H,6-7,9,12H2;2*3-11H,2H2,1H3/t19-,21-,22+,23-,24+;2*3-,4+,5-,6+,7+/m100/s1. The third-order valence-electron chi connectivity index (χ3n) is 10.5. The van der Waals surface area contributed by atoms with E-state index in [0.717, 1.165) is 36.0 Å². The van der Waals surface area contributed by atoms with Gasteiger partial charge in [0.15, 0.2) is 0 Å². The molecule has 1 aliphatic carbocycles. The van der Waals surface area contributed by atoms with Gasteiger partial charge in [-0.25, -0.2) is 0 Å². The van der Waals surface area contributed by atoms with Crippen molar-refractivity contribution in [2.24, 2.45) is 0 Å². The first kappa shape index (κ1) is 42.9. The summed E-state index contributed by atoms with van der Waals surface area (Å²) in [5.41, 5.74) is 3.09. The van der Waals surface area contributed by atoms with Crippen LogP contribution in [-0.4, -0.2) is 167 Å². The maximum absolute atomic E-state index is 10.7. The first-order valence-corrected chi connectivity index (χ1v) is 19.0. The monoisotopic (exact) mass is 782 g/mol. The largest absolute Gasteiger partial charge is 0.394 e. The number of fused-ring (bicyclic) bond motifs is 1. The van der Waals surface area contributed by atoms with E-state index < -0.39 is 98.2 Å². The lowest BCUT2D eigenvalue weighted by atomic mass is 9.87. The third-order valence-corrected chi connectivity index (χ3v) is 11.6. The quantitative estimate of drug-likeness (QED) is 0.131. The number of hydrogen-bond acceptors (Lipinski definition) is 16. The zero-order valence-corrected chi connectivity index (χ0v) is 30.9. The van der Waals surface area contributed by atoms with E-state index in [2.05, 4.69) is 36.4 Å². The molecule has 7 rings (SSSR count). The molecule has 4 aliphatic rings. The molecule has 12 N–H and O–H groups in total. The second kappa shape index (κ2) is 18.8. The van der Waals surface area contributed by atoms with Crippen molar-refractivity contribution >= 4 is 21.4 Å². The fraction of sp³-hybridized carbons (Fsp3) is 0.632. The molecule has 1 aromatic heterocycles. The first-order valence-electron chi connectivity index (χ1n) is 18.2. The number of thiophene rings is 1. The number of aliphatic hydroxyl groups excluding tert-OH is 12. The van der Waals surface area contributed by atoms with Gasteiger partial charge in [0.05, 0.1) is 32.0 Å². The van der Waals surface area contributed by atoms with Crippen LogP contribution in [0.3, 0.4) is 0 Å². The van der Waals surface area contributed by atoms with Gasteiger partial charge in [-0.05, 0) is 66.8 Å². The normalized spacial score (nSPS) is 38.2. The Labute approximate surface area is 316 Å². The predicted molar refractivity (Wildman–Crippen MR) is 195 cm³/mol. The summed E-state index contributed by atoms with van der Waals surface area (Å²) in [6, 6.07) is 16.8. The Morgan fingerprint density at radius 3 is 1.56 bits per heavy atom. The maximum atomic E-state index is 10.7. The topological polar surface area (TPSA) is 270 Å². The van der Waals surface area contributed by atoms with Gasteiger partial charge in [0, 0.05) is 16.0 Å². The lowest BCUT2D eigenvalue weighted by Crippen LogP contribution is -2.57. The van der Waals surface area contributed by atoms with E-state index in [0.29, 0.717) is 5.92 Å². The van der Waals surface area contributed by atoms with Crippen LogP contribution in [0, 0.1) is 0 Å². The fourth-order valence-corrected chi connectivity index (χ4v) is 8.10. The van der Waals surface area contributed by atoms with Gasteiger partial charge in [-0.2, -0.15) is 0 Å². The number of hydrogen-bond donors (Lipinski definition) is 12. The Kier molecular flexibility index (Phi) is 15.0. The Balaban J connectivity index is 0.000000192. The molecule has 0 amide bonds. The van der Waals surface area contributed by atoms with Crippen LogP contribution in [0.4, 0.5) is 0 Å². The predicted octanol–water partition coefficient (Wildman–Crippen LogP) is -1.42. The minimum atomic E-state index is -1.36. The molecule has 2 aromatic carbocycles. The van der Waals surface area contributed by atoms with Crippen molar-refractivity contribution in [3.63, 3.8) is 0 Å². The average molecular weight is 783 g/mol. The summed E-state index contributed by atoms with van der Waals surface area (Å²) in [7, 11) is 0. The second-order valence-corrected chi connectivity index (χ2v) is 15.7. The van der Waals surface area contributed by atoms with E-state index in [1.807, 2.05) is 12.1 Å². The second-order valence-electron chi connectivity index (χ2n) is 14.5. The smallest absolute Gasteiger partial charge is 0.113 e. The summed E-state index contributed by atoms with van der Waals surface area (Å²) >= 11 is 1.77. The molecule has 54 heavy (non-hydrogen) atoms. The van der Waals surface area contributed by atoms with Crippen LogP contribution < -0.4 is 0 Å². The molecule has 15 nitrogen and oxygen atoms in total. The van der Waals surface area contributed by atoms with Crippen molar-refractivity contribution < 1.29 is 75.5 Å². The molecule has 3 saturated heterocycles. The molecule has 0 unspecified atom stereocenters. The maximum Gasteiger partial charge on any atom is 0.113 e. The van der Waals surface area contributed by atoms with Crippen LogP contribution >= 0.6 is 11.3 Å². The van der Waals surface area contributed by atoms with Crippen LogP contribution in [0.1, 0.15) is 60.3 Å². The summed E-state index contributed by atoms with van der Waals surface area (Å²) in [5.74, 6) is 0.436. The third kappa shape index (κ3) is 9.66. The summed E-state index contributed by atoms with van der Waals surface area (Å²) in [6.07, 6.45) is -12.5. The number of rotatable bonds is 7. The van der Waals surface area contributed by atoms with Gasteiger partial charge in [-0.1, -0.05) is 36.4 Å². The van der Waals surface area contributed by atoms with Crippen LogP contribution in [-0.2, 0) is 20.6 Å². The molecule has 1 saturated carbocycles. The first-order chi connectivity index (χ1) is 25.7. The van der Waals surface area contributed by atoms with E-state index in [1.165, 1.54) is 15.0 Å². The van der Waals surface area contributed by atoms with Crippen LogP contribution in [0.25, 0.3) is 10.1 Å². The summed E-state index contributed by atoms with van der Waals surface area (Å²) in [6.45, 7) is 2.00. The minimum absolute atomic E-state index is 0.366. The Hall–Kier alpha value is -2.20. The molecule has 15 atom stereocenters. The Morgan fingerprint density at radius 1 is 0.556 bits per heavy atom. The Bertz CT molecular complexity index is 1540. The van der Waals surface area contributed by atoms with Gasteiger partial charge in [-0.3, -0.25) is 0 Å². The van der Waals surface area contributed by atoms with Crippen molar-refractivity contribution in [3.8, 4) is 0 Å². The highest BCUT2D eigenvalue weighted by molar-refractivity contribution is 7.19. The highest BCUT2D eigenvalue weighted by Gasteiger charge is 2.46. The van der Waals surface area contributed by atoms with E-state index in [4.69, 9.17) is 24.4 Å². The number of aliphatic hydroxyl groups is 12. The lowest BCUT2D eigenvalue weighted by molar-refractivity contribution is -0.231. The molecular formula is C38H54O15S. The van der Waals surface area contributed by atoms with Gasteiger partial charge in [0.25, 0.3) is 0 Å². The van der Waals surface area contributed by atoms with Crippen molar-refractivity contribution in [2.45, 2.75) is 131 Å². The van der Waals surface area contributed by atoms with Crippen LogP contribution in [0.5, 0.6) is 0 Å². The van der Waals surface area contributed by atoms with Crippen molar-refractivity contribution in [2.75, 3.05) is 19.8 Å². The molecule has 3 aliphatic heterocycles. The highest BCUT2D eigenvalue weighted by Crippen LogP contribution is 2.46. The zero-order chi connectivity index (χ0) is 39.4. The van der Waals surface area contributed by atoms with Gasteiger partial charge in [-0.15, -0.1) is 11.3 Å². The van der Waals surface area contributed by atoms with Crippen molar-refractivity contribution in [1.29, 1.82) is 0 Å². The van der Waals surface area contributed by atoms with E-state index in [9.17, 15) is 51.1 Å². The molecular weight excluding hydrogens is 728 g/mol. The van der Waals surface area contributed by atoms with Crippen LogP contribution in [0.2, 0.25) is 0 Å². The van der Waals surface area contributed by atoms with E-state index >= 15 is 0 Å². The molecule has 4 fully saturated rings. The van der Waals surface area contributed by atoms with Gasteiger partial charge < -0.3 is 75.5 Å². The van der Waals surface area contributed by atoms with E-state index in [1.54, 1.807) is 25.2 Å². The van der Waals surface area contributed by atoms with Gasteiger partial charge >= 0.3 is 0 Å². The number of benzene rings is 2. The van der Waals surface area contributed by atoms with Gasteiger partial charge in [0.2, 0.25) is 0 Å². The molecule has 0 radical (unpaired) electrons. The highest BCUT2D eigenvalue weighted by atomic mass is 32.1. The summed E-state index contributed by atoms with van der Waals surface area (Å²) < 4.78 is 17.2. The van der Waals surface area contributed by atoms with Gasteiger partial charge in [0.1, 0.15) is 79.4 Å². The lowest BCUT2D eigenvalue weighted by Gasteiger charge is -2.41. The molecule has 0 spiro atoms. The minimum Gasteiger partial charge on any atom is -0.394 e. The molecule has 302 valence electrons. The van der Waals surface area contributed by atoms with Crippen molar-refractivity contribution in [1.82, 2.24) is 0 Å². The molecule has 4 heterocycles. The average Bonchev–Trinajstić information content (AvgIpc) is 3.94. The van der Waals surface area contributed by atoms with E-state index in [-0.39, 0.29) is 13.2 Å². The van der Waals surface area contributed by atoms with Crippen LogP contribution in [0.15, 0.2) is 48.5 Å². The molecule has 16 heteroatoms. The number of ether oxygens (including phenoxy) is 3. The summed E-state index contributed by atoms with van der Waals surface area (Å²) in [5, 5.41) is 115. The fourth-order valence-electron chi connectivity index (χ4n) is 7.01. The zero-order valence-electron chi connectivity index (χ0n) is 30.1. The summed E-state index contributed by atoms with van der Waals surface area (Å²) in [4.78, 5) is 1.26. The Morgan fingerprint density at radius 2 is 1.06 bits per heavy atom. The SMILES string of the molecule is C[C@@H]1O[C@H](CO)[C@@H](O)[C@H](O)[C@H]1O.C[C@@H]1O[C@H](CO)[C@@H](O)[C@H](O)[C@H]1O.OC[C@H]1O[C@@H](c2cc(Cc3cc4ccccc4s3)ccc2C2CC2)[C@H](O)[C@@H](O)[C@@H]1O.